The minimum atomic E-state index is 0.215. The smallest absolute Gasteiger partial charge is 0.0510 e. The van der Waals surface area contributed by atoms with E-state index < -0.39 is 0 Å². The molecule has 1 rings (SSSR count). The van der Waals surface area contributed by atoms with Crippen LogP contribution in [0.1, 0.15) is 17.0 Å². The quantitative estimate of drug-likeness (QED) is 0.622. The number of hydrogen-bond acceptors (Lipinski definition) is 0. The molecule has 0 saturated carbocycles. The molecule has 0 atom stereocenters. The summed E-state index contributed by atoms with van der Waals surface area (Å²) in [5.74, 6) is 0. The van der Waals surface area contributed by atoms with Gasteiger partial charge in [0.2, 0.25) is 0 Å². The highest BCUT2D eigenvalue weighted by Gasteiger charge is 1.97. The molecule has 11 heavy (non-hydrogen) atoms. The molecule has 1 nitrogen and oxygen atoms in total. The van der Waals surface area contributed by atoms with Crippen molar-refractivity contribution >= 4 is 30.8 Å². The molecule has 2 heteroatoms. The van der Waals surface area contributed by atoms with E-state index in [1.807, 2.05) is 6.08 Å². The van der Waals surface area contributed by atoms with Crippen LogP contribution in [0.25, 0.3) is 6.08 Å². The van der Waals surface area contributed by atoms with Crippen LogP contribution in [0.15, 0.2) is 12.6 Å². The van der Waals surface area contributed by atoms with Crippen LogP contribution in [0.3, 0.4) is 0 Å². The fraction of sp³-hybridized carbons (Fsp3) is 0.222. The molecule has 0 aliphatic heterocycles. The number of hydrogen-bond donors (Lipinski definition) is 1. The maximum absolute atomic E-state index is 3.76. The number of aromatic amines is 1. The van der Waals surface area contributed by atoms with E-state index in [4.69, 9.17) is 0 Å². The summed E-state index contributed by atoms with van der Waals surface area (Å²) < 4.78 is 2.28. The predicted molar refractivity (Wildman–Crippen MR) is 60.7 cm³/mol. The van der Waals surface area contributed by atoms with E-state index in [2.05, 4.69) is 33.5 Å². The fourth-order valence-corrected chi connectivity index (χ4v) is 2.14. The van der Waals surface area contributed by atoms with Gasteiger partial charge in [-0.25, -0.2) is 0 Å². The number of H-pyrrole nitrogens is 1. The second-order valence-electron chi connectivity index (χ2n) is 2.35. The van der Waals surface area contributed by atoms with Crippen LogP contribution in [0.4, 0.5) is 0 Å². The molecule has 0 aliphatic carbocycles. The Bertz CT molecular complexity index is 284. The normalized spacial score (nSPS) is 11.5. The van der Waals surface area contributed by atoms with Crippen LogP contribution in [-0.2, 0) is 0 Å². The van der Waals surface area contributed by atoms with Gasteiger partial charge in [0.25, 0.3) is 0 Å². The molecule has 1 aromatic heterocycles. The standard InChI is InChI=1S/C9H12IN/c1-4-8-5-7(2)11-9(8)6-10-3/h4-6,11H,1H2,2-3H3. The van der Waals surface area contributed by atoms with Gasteiger partial charge in [0, 0.05) is 5.69 Å². The summed E-state index contributed by atoms with van der Waals surface area (Å²) in [4.78, 5) is 5.54. The molecule has 60 valence electrons. The van der Waals surface area contributed by atoms with Crippen molar-refractivity contribution in [3.05, 3.63) is 29.6 Å². The summed E-state index contributed by atoms with van der Waals surface area (Å²) in [6.07, 6.45) is 1.90. The minimum Gasteiger partial charge on any atom is -0.358 e. The van der Waals surface area contributed by atoms with Crippen molar-refractivity contribution in [3.63, 3.8) is 0 Å². The predicted octanol–water partition coefficient (Wildman–Crippen LogP) is 2.72. The Morgan fingerprint density at radius 1 is 1.64 bits per heavy atom. The SMILES string of the molecule is C=Cc1cc(C)[nH]c1C=IC. The number of halogens is 1. The first-order valence-electron chi connectivity index (χ1n) is 3.41. The molecular weight excluding hydrogens is 249 g/mol. The first kappa shape index (κ1) is 8.71. The Morgan fingerprint density at radius 2 is 2.36 bits per heavy atom. The number of aromatic nitrogens is 1. The summed E-state index contributed by atoms with van der Waals surface area (Å²) in [7, 11) is 0. The van der Waals surface area contributed by atoms with E-state index in [9.17, 15) is 0 Å². The highest BCUT2D eigenvalue weighted by atomic mass is 127. The molecule has 1 aromatic rings. The van der Waals surface area contributed by atoms with Gasteiger partial charge < -0.3 is 4.98 Å². The highest BCUT2D eigenvalue weighted by Crippen LogP contribution is 2.10. The van der Waals surface area contributed by atoms with Gasteiger partial charge in [-0.3, -0.25) is 0 Å². The van der Waals surface area contributed by atoms with Crippen molar-refractivity contribution < 1.29 is 0 Å². The average Bonchev–Trinajstić information content (AvgIpc) is 2.32. The van der Waals surface area contributed by atoms with Crippen molar-refractivity contribution in [1.82, 2.24) is 4.98 Å². The van der Waals surface area contributed by atoms with E-state index in [0.29, 0.717) is 0 Å². The van der Waals surface area contributed by atoms with Gasteiger partial charge in [0.1, 0.15) is 0 Å². The van der Waals surface area contributed by atoms with Crippen molar-refractivity contribution in [2.24, 2.45) is 0 Å². The molecule has 1 heterocycles. The third-order valence-corrected chi connectivity index (χ3v) is 2.70. The molecule has 0 amide bonds. The first-order chi connectivity index (χ1) is 5.27. The van der Waals surface area contributed by atoms with Gasteiger partial charge >= 0.3 is 0 Å². The summed E-state index contributed by atoms with van der Waals surface area (Å²) in [6, 6.07) is 2.12. The van der Waals surface area contributed by atoms with Gasteiger partial charge in [-0.1, -0.05) is 12.7 Å². The van der Waals surface area contributed by atoms with E-state index in [1.54, 1.807) is 0 Å². The van der Waals surface area contributed by atoms with E-state index in [1.165, 1.54) is 17.0 Å². The van der Waals surface area contributed by atoms with Crippen molar-refractivity contribution in [3.8, 4) is 0 Å². The Labute approximate surface area is 77.3 Å². The fourth-order valence-electron chi connectivity index (χ4n) is 1.000. The summed E-state index contributed by atoms with van der Waals surface area (Å²) in [5.41, 5.74) is 3.68. The largest absolute Gasteiger partial charge is 0.358 e. The molecular formula is C9H12IN. The summed E-state index contributed by atoms with van der Waals surface area (Å²) in [5, 5.41) is 0. The van der Waals surface area contributed by atoms with Crippen molar-refractivity contribution in [1.29, 1.82) is 0 Å². The first-order valence-corrected chi connectivity index (χ1v) is 6.81. The average molecular weight is 261 g/mol. The van der Waals surface area contributed by atoms with E-state index in [-0.39, 0.29) is 20.7 Å². The number of rotatable bonds is 2. The van der Waals surface area contributed by atoms with Crippen molar-refractivity contribution in [2.75, 3.05) is 4.93 Å². The minimum absolute atomic E-state index is 0.215. The Balaban J connectivity index is 3.11. The molecule has 0 fully saturated rings. The molecule has 0 aromatic carbocycles. The molecule has 1 N–H and O–H groups in total. The Kier molecular flexibility index (Phi) is 3.05. The highest BCUT2D eigenvalue weighted by molar-refractivity contribution is 14.2. The molecule has 0 bridgehead atoms. The topological polar surface area (TPSA) is 15.8 Å². The lowest BCUT2D eigenvalue weighted by Gasteiger charge is -1.87. The number of alkyl halides is 1. The summed E-state index contributed by atoms with van der Waals surface area (Å²) in [6.45, 7) is 5.83. The second kappa shape index (κ2) is 3.85. The molecule has 0 spiro atoms. The molecule has 0 aliphatic rings. The number of nitrogens with one attached hydrogen (secondary N) is 1. The van der Waals surface area contributed by atoms with Crippen LogP contribution >= 0.6 is 20.7 Å². The van der Waals surface area contributed by atoms with E-state index in [0.717, 1.165) is 0 Å². The zero-order chi connectivity index (χ0) is 8.27. The Hall–Kier alpha value is -0.380. The van der Waals surface area contributed by atoms with Gasteiger partial charge in [0.05, 0.1) is 5.69 Å². The molecule has 0 unspecified atom stereocenters. The molecule has 0 radical (unpaired) electrons. The van der Waals surface area contributed by atoms with Crippen LogP contribution < -0.4 is 0 Å². The Morgan fingerprint density at radius 3 is 2.91 bits per heavy atom. The lowest BCUT2D eigenvalue weighted by atomic mass is 10.2. The van der Waals surface area contributed by atoms with Gasteiger partial charge in [-0.15, -0.1) is 20.7 Å². The zero-order valence-corrected chi connectivity index (χ0v) is 8.97. The summed E-state index contributed by atoms with van der Waals surface area (Å²) >= 11 is 0.215. The number of aryl methyl sites for hydroxylation is 1. The van der Waals surface area contributed by atoms with Crippen LogP contribution in [-0.4, -0.2) is 13.9 Å². The molecule has 0 saturated heterocycles. The lowest BCUT2D eigenvalue weighted by molar-refractivity contribution is 1.26. The van der Waals surface area contributed by atoms with Gasteiger partial charge in [-0.05, 0) is 27.5 Å². The monoisotopic (exact) mass is 261 g/mol. The van der Waals surface area contributed by atoms with E-state index >= 15 is 0 Å². The van der Waals surface area contributed by atoms with Gasteiger partial charge in [-0.2, -0.15) is 0 Å². The third-order valence-electron chi connectivity index (χ3n) is 1.45. The third kappa shape index (κ3) is 2.02. The second-order valence-corrected chi connectivity index (χ2v) is 4.22. The van der Waals surface area contributed by atoms with Gasteiger partial charge in [0.15, 0.2) is 0 Å². The van der Waals surface area contributed by atoms with Crippen LogP contribution in [0.5, 0.6) is 0 Å². The van der Waals surface area contributed by atoms with Crippen LogP contribution in [0, 0.1) is 6.92 Å². The maximum atomic E-state index is 3.76. The van der Waals surface area contributed by atoms with Crippen molar-refractivity contribution in [2.45, 2.75) is 6.92 Å². The lowest BCUT2D eigenvalue weighted by Crippen LogP contribution is -1.80. The zero-order valence-electron chi connectivity index (χ0n) is 6.82. The maximum Gasteiger partial charge on any atom is 0.0510 e. The van der Waals surface area contributed by atoms with Crippen LogP contribution in [0.2, 0.25) is 0 Å².